The Morgan fingerprint density at radius 2 is 1.80 bits per heavy atom. The van der Waals surface area contributed by atoms with Gasteiger partial charge in [0.15, 0.2) is 0 Å². The van der Waals surface area contributed by atoms with Crippen LogP contribution in [0.3, 0.4) is 0 Å². The molecule has 0 aliphatic heterocycles. The van der Waals surface area contributed by atoms with Crippen LogP contribution in [0.25, 0.3) is 11.1 Å². The average Bonchev–Trinajstić information content (AvgIpc) is 2.29. The van der Waals surface area contributed by atoms with Crippen molar-refractivity contribution in [2.45, 2.75) is 13.5 Å². The van der Waals surface area contributed by atoms with E-state index in [0.717, 1.165) is 22.3 Å². The van der Waals surface area contributed by atoms with Crippen LogP contribution in [0.2, 0.25) is 0 Å². The van der Waals surface area contributed by atoms with Crippen molar-refractivity contribution in [3.8, 4) is 11.1 Å². The van der Waals surface area contributed by atoms with Gasteiger partial charge in [0.25, 0.3) is 0 Å². The number of aliphatic hydroxyl groups is 1. The second-order valence-electron chi connectivity index (χ2n) is 3.49. The van der Waals surface area contributed by atoms with Crippen LogP contribution in [-0.4, -0.2) is 15.1 Å². The molecular weight excluding hydrogens is 188 g/mol. The molecule has 3 nitrogen and oxygen atoms in total. The van der Waals surface area contributed by atoms with E-state index in [2.05, 4.69) is 16.0 Å². The minimum atomic E-state index is 0.0579. The van der Waals surface area contributed by atoms with Crippen LogP contribution in [0.4, 0.5) is 0 Å². The molecule has 0 aliphatic carbocycles. The monoisotopic (exact) mass is 200 g/mol. The Labute approximate surface area is 88.5 Å². The Morgan fingerprint density at radius 1 is 1.07 bits per heavy atom. The highest BCUT2D eigenvalue weighted by molar-refractivity contribution is 5.63. The van der Waals surface area contributed by atoms with Crippen molar-refractivity contribution in [2.24, 2.45) is 0 Å². The van der Waals surface area contributed by atoms with Gasteiger partial charge in [0.1, 0.15) is 6.33 Å². The summed E-state index contributed by atoms with van der Waals surface area (Å²) in [6.45, 7) is 2.06. The van der Waals surface area contributed by atoms with Gasteiger partial charge in [-0.3, -0.25) is 0 Å². The molecule has 0 amide bonds. The molecular formula is C12H12N2O. The van der Waals surface area contributed by atoms with Gasteiger partial charge in [-0.25, -0.2) is 9.97 Å². The number of benzene rings is 1. The van der Waals surface area contributed by atoms with Crippen molar-refractivity contribution in [1.82, 2.24) is 9.97 Å². The van der Waals surface area contributed by atoms with Crippen LogP contribution in [0, 0.1) is 6.92 Å². The number of rotatable bonds is 2. The average molecular weight is 200 g/mol. The maximum absolute atomic E-state index is 9.10. The maximum atomic E-state index is 9.10. The Bertz CT molecular complexity index is 454. The lowest BCUT2D eigenvalue weighted by Crippen LogP contribution is -1.88. The summed E-state index contributed by atoms with van der Waals surface area (Å²) in [7, 11) is 0. The van der Waals surface area contributed by atoms with Gasteiger partial charge in [-0.2, -0.15) is 0 Å². The molecule has 76 valence electrons. The fourth-order valence-electron chi connectivity index (χ4n) is 1.57. The third kappa shape index (κ3) is 2.19. The lowest BCUT2D eigenvalue weighted by Gasteiger charge is -2.05. The normalized spacial score (nSPS) is 10.3. The Balaban J connectivity index is 2.49. The Kier molecular flexibility index (Phi) is 2.74. The van der Waals surface area contributed by atoms with Crippen molar-refractivity contribution < 1.29 is 5.11 Å². The van der Waals surface area contributed by atoms with Gasteiger partial charge < -0.3 is 5.11 Å². The molecule has 0 atom stereocenters. The van der Waals surface area contributed by atoms with Crippen LogP contribution in [0.1, 0.15) is 11.1 Å². The Hall–Kier alpha value is -1.74. The number of hydrogen-bond acceptors (Lipinski definition) is 3. The smallest absolute Gasteiger partial charge is 0.115 e. The second-order valence-corrected chi connectivity index (χ2v) is 3.49. The van der Waals surface area contributed by atoms with E-state index in [-0.39, 0.29) is 6.61 Å². The predicted octanol–water partition coefficient (Wildman–Crippen LogP) is 1.94. The second kappa shape index (κ2) is 4.19. The molecule has 0 aliphatic rings. The van der Waals surface area contributed by atoms with Crippen LogP contribution < -0.4 is 0 Å². The van der Waals surface area contributed by atoms with Crippen LogP contribution in [0.15, 0.2) is 36.9 Å². The lowest BCUT2D eigenvalue weighted by atomic mass is 10.0. The molecule has 0 fully saturated rings. The third-order valence-electron chi connectivity index (χ3n) is 2.21. The van der Waals surface area contributed by atoms with Crippen LogP contribution in [0.5, 0.6) is 0 Å². The number of aliphatic hydroxyl groups excluding tert-OH is 1. The molecule has 0 radical (unpaired) electrons. The van der Waals surface area contributed by atoms with Gasteiger partial charge in [0.05, 0.1) is 6.61 Å². The summed E-state index contributed by atoms with van der Waals surface area (Å²) in [4.78, 5) is 7.95. The largest absolute Gasteiger partial charge is 0.392 e. The molecule has 0 unspecified atom stereocenters. The van der Waals surface area contributed by atoms with E-state index in [1.807, 2.05) is 19.1 Å². The van der Waals surface area contributed by atoms with Crippen molar-refractivity contribution in [3.63, 3.8) is 0 Å². The molecule has 0 spiro atoms. The molecule has 15 heavy (non-hydrogen) atoms. The van der Waals surface area contributed by atoms with Crippen molar-refractivity contribution in [2.75, 3.05) is 0 Å². The summed E-state index contributed by atoms with van der Waals surface area (Å²) in [5.41, 5.74) is 4.05. The van der Waals surface area contributed by atoms with Gasteiger partial charge in [0, 0.05) is 18.0 Å². The van der Waals surface area contributed by atoms with Crippen molar-refractivity contribution in [3.05, 3.63) is 48.0 Å². The van der Waals surface area contributed by atoms with E-state index in [9.17, 15) is 0 Å². The number of aryl methyl sites for hydroxylation is 1. The van der Waals surface area contributed by atoms with E-state index >= 15 is 0 Å². The molecule has 0 bridgehead atoms. The fraction of sp³-hybridized carbons (Fsp3) is 0.167. The van der Waals surface area contributed by atoms with E-state index in [0.29, 0.717) is 0 Å². The lowest BCUT2D eigenvalue weighted by molar-refractivity contribution is 0.282. The SMILES string of the molecule is Cc1cc(CO)cc(-c2cncnc2)c1. The predicted molar refractivity (Wildman–Crippen MR) is 58.1 cm³/mol. The van der Waals surface area contributed by atoms with E-state index in [4.69, 9.17) is 5.11 Å². The molecule has 1 aromatic carbocycles. The van der Waals surface area contributed by atoms with E-state index < -0.39 is 0 Å². The highest BCUT2D eigenvalue weighted by Gasteiger charge is 2.01. The summed E-state index contributed by atoms with van der Waals surface area (Å²) in [6, 6.07) is 5.97. The summed E-state index contributed by atoms with van der Waals surface area (Å²) >= 11 is 0. The fourth-order valence-corrected chi connectivity index (χ4v) is 1.57. The maximum Gasteiger partial charge on any atom is 0.115 e. The third-order valence-corrected chi connectivity index (χ3v) is 2.21. The van der Waals surface area contributed by atoms with Crippen LogP contribution >= 0.6 is 0 Å². The number of aromatic nitrogens is 2. The summed E-state index contributed by atoms with van der Waals surface area (Å²) in [5.74, 6) is 0. The first-order chi connectivity index (χ1) is 7.29. The van der Waals surface area contributed by atoms with Gasteiger partial charge >= 0.3 is 0 Å². The highest BCUT2D eigenvalue weighted by atomic mass is 16.3. The number of hydrogen-bond donors (Lipinski definition) is 1. The van der Waals surface area contributed by atoms with Gasteiger partial charge in [-0.15, -0.1) is 0 Å². The van der Waals surface area contributed by atoms with Crippen LogP contribution in [-0.2, 0) is 6.61 Å². The zero-order valence-corrected chi connectivity index (χ0v) is 8.51. The zero-order chi connectivity index (χ0) is 10.7. The molecule has 2 rings (SSSR count). The molecule has 0 saturated carbocycles. The van der Waals surface area contributed by atoms with E-state index in [1.54, 1.807) is 12.4 Å². The molecule has 1 N–H and O–H groups in total. The Morgan fingerprint density at radius 3 is 2.47 bits per heavy atom. The molecule has 0 saturated heterocycles. The van der Waals surface area contributed by atoms with E-state index in [1.165, 1.54) is 6.33 Å². The summed E-state index contributed by atoms with van der Waals surface area (Å²) < 4.78 is 0. The minimum Gasteiger partial charge on any atom is -0.392 e. The quantitative estimate of drug-likeness (QED) is 0.805. The molecule has 3 heteroatoms. The summed E-state index contributed by atoms with van der Waals surface area (Å²) in [5, 5.41) is 9.10. The molecule has 2 aromatic rings. The first-order valence-corrected chi connectivity index (χ1v) is 4.76. The van der Waals surface area contributed by atoms with Gasteiger partial charge in [-0.1, -0.05) is 17.7 Å². The van der Waals surface area contributed by atoms with Gasteiger partial charge in [0.2, 0.25) is 0 Å². The van der Waals surface area contributed by atoms with Gasteiger partial charge in [-0.05, 0) is 24.1 Å². The first-order valence-electron chi connectivity index (χ1n) is 4.76. The van der Waals surface area contributed by atoms with Crippen molar-refractivity contribution >= 4 is 0 Å². The zero-order valence-electron chi connectivity index (χ0n) is 8.51. The molecule has 1 heterocycles. The molecule has 1 aromatic heterocycles. The number of nitrogens with zero attached hydrogens (tertiary/aromatic N) is 2. The standard InChI is InChI=1S/C12H12N2O/c1-9-2-10(7-15)4-11(3-9)12-5-13-8-14-6-12/h2-6,8,15H,7H2,1H3. The topological polar surface area (TPSA) is 46.0 Å². The first kappa shape index (κ1) is 9.80. The van der Waals surface area contributed by atoms with Crippen molar-refractivity contribution in [1.29, 1.82) is 0 Å². The summed E-state index contributed by atoms with van der Waals surface area (Å²) in [6.07, 6.45) is 5.04. The highest BCUT2D eigenvalue weighted by Crippen LogP contribution is 2.20. The minimum absolute atomic E-state index is 0.0579.